The predicted molar refractivity (Wildman–Crippen MR) is 93.6 cm³/mol. The van der Waals surface area contributed by atoms with Gasteiger partial charge in [0.15, 0.2) is 0 Å². The van der Waals surface area contributed by atoms with Crippen molar-refractivity contribution in [1.82, 2.24) is 10.2 Å². The fraction of sp³-hybridized carbons (Fsp3) is 0.650. The molecule has 4 rings (SSSR count). The molecule has 3 aliphatic rings. The fourth-order valence-electron chi connectivity index (χ4n) is 4.38. The van der Waals surface area contributed by atoms with Gasteiger partial charge in [0, 0.05) is 12.1 Å². The number of carbonyl (C=O) groups is 1. The molecule has 1 aromatic rings. The van der Waals surface area contributed by atoms with E-state index in [-0.39, 0.29) is 11.8 Å². The van der Waals surface area contributed by atoms with Crippen LogP contribution in [0, 0.1) is 5.92 Å². The van der Waals surface area contributed by atoms with E-state index in [0.717, 1.165) is 38.8 Å². The summed E-state index contributed by atoms with van der Waals surface area (Å²) in [7, 11) is 0. The van der Waals surface area contributed by atoms with Crippen LogP contribution in [0.3, 0.4) is 0 Å². The van der Waals surface area contributed by atoms with Gasteiger partial charge in [-0.25, -0.2) is 0 Å². The zero-order valence-corrected chi connectivity index (χ0v) is 14.3. The van der Waals surface area contributed by atoms with Gasteiger partial charge in [-0.1, -0.05) is 24.3 Å². The van der Waals surface area contributed by atoms with Gasteiger partial charge >= 0.3 is 0 Å². The van der Waals surface area contributed by atoms with E-state index in [4.69, 9.17) is 0 Å². The molecule has 1 aliphatic heterocycles. The highest BCUT2D eigenvalue weighted by molar-refractivity contribution is 5.81. The van der Waals surface area contributed by atoms with E-state index in [9.17, 15) is 9.90 Å². The van der Waals surface area contributed by atoms with E-state index in [2.05, 4.69) is 34.5 Å². The summed E-state index contributed by atoms with van der Waals surface area (Å²) in [5.74, 6) is -0.0437. The van der Waals surface area contributed by atoms with Gasteiger partial charge in [0.05, 0.1) is 0 Å². The van der Waals surface area contributed by atoms with Crippen molar-refractivity contribution in [3.8, 4) is 0 Å². The van der Waals surface area contributed by atoms with Gasteiger partial charge in [-0.3, -0.25) is 9.69 Å². The summed E-state index contributed by atoms with van der Waals surface area (Å²) in [5.41, 5.74) is 2.99. The fourth-order valence-corrected chi connectivity index (χ4v) is 4.38. The topological polar surface area (TPSA) is 52.6 Å². The number of nitrogens with zero attached hydrogens (tertiary/aromatic N) is 1. The maximum Gasteiger partial charge on any atom is 0.249 e. The molecule has 1 heterocycles. The summed E-state index contributed by atoms with van der Waals surface area (Å²) in [4.78, 5) is 14.6. The number of carbonyl (C=O) groups excluding carboxylic acids is 1. The standard InChI is InChI=1S/C20H28N2O2/c23-19(20(24)21-16-8-9-16)15-10-12-22(13-11-15)18-7-3-5-14-4-1-2-6-17(14)18/h1-2,4,6,15-16,18-19,23H,3,5,7-13H2,(H,21,24). The number of likely N-dealkylation sites (tertiary alicyclic amines) is 1. The molecule has 2 fully saturated rings. The predicted octanol–water partition coefficient (Wildman–Crippen LogP) is 2.42. The van der Waals surface area contributed by atoms with Crippen molar-refractivity contribution >= 4 is 5.91 Å². The van der Waals surface area contributed by atoms with Crippen molar-refractivity contribution in [1.29, 1.82) is 0 Å². The molecule has 2 N–H and O–H groups in total. The smallest absolute Gasteiger partial charge is 0.249 e. The van der Waals surface area contributed by atoms with Gasteiger partial charge in [-0.2, -0.15) is 0 Å². The largest absolute Gasteiger partial charge is 0.383 e. The number of hydrogen-bond acceptors (Lipinski definition) is 3. The van der Waals surface area contributed by atoms with E-state index in [1.54, 1.807) is 0 Å². The Balaban J connectivity index is 1.35. The molecule has 0 spiro atoms. The van der Waals surface area contributed by atoms with E-state index in [1.165, 1.54) is 30.4 Å². The van der Waals surface area contributed by atoms with Crippen molar-refractivity contribution < 1.29 is 9.90 Å². The van der Waals surface area contributed by atoms with Crippen LogP contribution in [0.15, 0.2) is 24.3 Å². The van der Waals surface area contributed by atoms with Crippen LogP contribution in [0.2, 0.25) is 0 Å². The maximum atomic E-state index is 12.1. The first-order valence-electron chi connectivity index (χ1n) is 9.52. The molecule has 2 atom stereocenters. The second-order valence-electron chi connectivity index (χ2n) is 7.71. The number of benzene rings is 1. The highest BCUT2D eigenvalue weighted by Crippen LogP contribution is 2.36. The first kappa shape index (κ1) is 16.1. The van der Waals surface area contributed by atoms with Crippen LogP contribution in [-0.4, -0.2) is 41.1 Å². The molecular formula is C20H28N2O2. The molecule has 130 valence electrons. The average Bonchev–Trinajstić information content (AvgIpc) is 3.45. The van der Waals surface area contributed by atoms with Crippen molar-refractivity contribution in [2.24, 2.45) is 5.92 Å². The Labute approximate surface area is 144 Å². The van der Waals surface area contributed by atoms with Gasteiger partial charge in [-0.15, -0.1) is 0 Å². The SMILES string of the molecule is O=C(NC1CC1)C(O)C1CCN(C2CCCc3ccccc32)CC1. The number of aliphatic hydroxyl groups excluding tert-OH is 1. The van der Waals surface area contributed by atoms with E-state index in [0.29, 0.717) is 12.1 Å². The molecule has 2 unspecified atom stereocenters. The number of aliphatic hydroxyl groups is 1. The van der Waals surface area contributed by atoms with E-state index in [1.807, 2.05) is 0 Å². The summed E-state index contributed by atoms with van der Waals surface area (Å²) >= 11 is 0. The number of fused-ring (bicyclic) bond motifs is 1. The summed E-state index contributed by atoms with van der Waals surface area (Å²) in [6.45, 7) is 1.97. The van der Waals surface area contributed by atoms with Gasteiger partial charge in [-0.05, 0) is 75.1 Å². The maximum absolute atomic E-state index is 12.1. The molecule has 0 aromatic heterocycles. The van der Waals surface area contributed by atoms with Crippen LogP contribution in [-0.2, 0) is 11.2 Å². The zero-order valence-electron chi connectivity index (χ0n) is 14.3. The third-order valence-corrected chi connectivity index (χ3v) is 5.99. The van der Waals surface area contributed by atoms with Crippen molar-refractivity contribution in [3.05, 3.63) is 35.4 Å². The summed E-state index contributed by atoms with van der Waals surface area (Å²) in [5, 5.41) is 13.3. The van der Waals surface area contributed by atoms with Gasteiger partial charge < -0.3 is 10.4 Å². The Kier molecular flexibility index (Phi) is 4.59. The normalized spacial score (nSPS) is 26.6. The first-order valence-corrected chi connectivity index (χ1v) is 9.52. The minimum atomic E-state index is -0.827. The molecule has 1 aromatic carbocycles. The van der Waals surface area contributed by atoms with Crippen LogP contribution >= 0.6 is 0 Å². The molecule has 0 bridgehead atoms. The van der Waals surface area contributed by atoms with Crippen LogP contribution in [0.25, 0.3) is 0 Å². The minimum absolute atomic E-state index is 0.110. The second kappa shape index (κ2) is 6.85. The summed E-state index contributed by atoms with van der Waals surface area (Å²) in [6, 6.07) is 9.68. The van der Waals surface area contributed by atoms with E-state index >= 15 is 0 Å². The molecule has 4 nitrogen and oxygen atoms in total. The van der Waals surface area contributed by atoms with Crippen LogP contribution in [0.1, 0.15) is 55.7 Å². The third-order valence-electron chi connectivity index (χ3n) is 5.99. The molecule has 2 aliphatic carbocycles. The van der Waals surface area contributed by atoms with E-state index < -0.39 is 6.10 Å². The lowest BCUT2D eigenvalue weighted by atomic mass is 9.84. The summed E-state index contributed by atoms with van der Waals surface area (Å²) in [6.07, 6.45) is 6.82. The lowest BCUT2D eigenvalue weighted by Crippen LogP contribution is -2.46. The van der Waals surface area contributed by atoms with Crippen molar-refractivity contribution in [2.45, 2.75) is 63.1 Å². The highest BCUT2D eigenvalue weighted by atomic mass is 16.3. The Hall–Kier alpha value is -1.39. The van der Waals surface area contributed by atoms with Gasteiger partial charge in [0.1, 0.15) is 6.10 Å². The minimum Gasteiger partial charge on any atom is -0.383 e. The number of hydrogen-bond donors (Lipinski definition) is 2. The number of piperidine rings is 1. The quantitative estimate of drug-likeness (QED) is 0.892. The van der Waals surface area contributed by atoms with Crippen molar-refractivity contribution in [2.75, 3.05) is 13.1 Å². The Morgan fingerprint density at radius 3 is 2.62 bits per heavy atom. The third kappa shape index (κ3) is 3.35. The first-order chi connectivity index (χ1) is 11.7. The zero-order chi connectivity index (χ0) is 16.5. The molecule has 4 heteroatoms. The monoisotopic (exact) mass is 328 g/mol. The molecular weight excluding hydrogens is 300 g/mol. The average molecular weight is 328 g/mol. The number of nitrogens with one attached hydrogen (secondary N) is 1. The Bertz CT molecular complexity index is 591. The lowest BCUT2D eigenvalue weighted by Gasteiger charge is -2.41. The Morgan fingerprint density at radius 2 is 1.88 bits per heavy atom. The van der Waals surface area contributed by atoms with Gasteiger partial charge in [0.25, 0.3) is 0 Å². The number of rotatable bonds is 4. The summed E-state index contributed by atoms with van der Waals surface area (Å²) < 4.78 is 0. The molecule has 1 amide bonds. The number of aryl methyl sites for hydroxylation is 1. The lowest BCUT2D eigenvalue weighted by molar-refractivity contribution is -0.133. The van der Waals surface area contributed by atoms with Gasteiger partial charge in [0.2, 0.25) is 5.91 Å². The van der Waals surface area contributed by atoms with Crippen molar-refractivity contribution in [3.63, 3.8) is 0 Å². The second-order valence-corrected chi connectivity index (χ2v) is 7.71. The molecule has 1 saturated heterocycles. The van der Waals surface area contributed by atoms with Crippen LogP contribution in [0.5, 0.6) is 0 Å². The van der Waals surface area contributed by atoms with Crippen LogP contribution < -0.4 is 5.32 Å². The Morgan fingerprint density at radius 1 is 1.12 bits per heavy atom. The molecule has 24 heavy (non-hydrogen) atoms. The highest BCUT2D eigenvalue weighted by Gasteiger charge is 2.35. The number of amides is 1. The molecule has 1 saturated carbocycles. The molecule has 0 radical (unpaired) electrons. The van der Waals surface area contributed by atoms with Crippen LogP contribution in [0.4, 0.5) is 0 Å².